The van der Waals surface area contributed by atoms with Crippen LogP contribution in [-0.2, 0) is 0 Å². The van der Waals surface area contributed by atoms with Crippen LogP contribution in [0.1, 0.15) is 33.2 Å². The molecule has 7 heteroatoms. The monoisotopic (exact) mass is 434 g/mol. The van der Waals surface area contributed by atoms with Gasteiger partial charge in [0.15, 0.2) is 16.6 Å². The van der Waals surface area contributed by atoms with Crippen LogP contribution in [0.3, 0.4) is 0 Å². The van der Waals surface area contributed by atoms with Crippen molar-refractivity contribution in [3.63, 3.8) is 0 Å². The van der Waals surface area contributed by atoms with Gasteiger partial charge in [-0.2, -0.15) is 0 Å². The van der Waals surface area contributed by atoms with Crippen molar-refractivity contribution in [2.45, 2.75) is 12.8 Å². The van der Waals surface area contributed by atoms with E-state index in [1.54, 1.807) is 29.2 Å². The van der Waals surface area contributed by atoms with E-state index >= 15 is 0 Å². The predicted molar refractivity (Wildman–Crippen MR) is 117 cm³/mol. The summed E-state index contributed by atoms with van der Waals surface area (Å²) in [5.74, 6) is 0.175. The topological polar surface area (TPSA) is 63.4 Å². The van der Waals surface area contributed by atoms with Gasteiger partial charge < -0.3 is 9.32 Å². The quantitative estimate of drug-likeness (QED) is 0.402. The third-order valence-corrected chi connectivity index (χ3v) is 6.65. The van der Waals surface area contributed by atoms with Gasteiger partial charge in [-0.25, -0.2) is 9.37 Å². The van der Waals surface area contributed by atoms with E-state index in [9.17, 15) is 14.0 Å². The minimum Gasteiger partial charge on any atom is -0.451 e. The van der Waals surface area contributed by atoms with E-state index in [4.69, 9.17) is 4.42 Å². The molecule has 156 valence electrons. The number of hydrogen-bond donors (Lipinski definition) is 0. The van der Waals surface area contributed by atoms with Gasteiger partial charge in [0.05, 0.1) is 10.2 Å². The number of carbonyl (C=O) groups excluding carboxylic acids is 2. The summed E-state index contributed by atoms with van der Waals surface area (Å²) in [6, 6.07) is 17.0. The number of benzene rings is 2. The lowest BCUT2D eigenvalue weighted by Crippen LogP contribution is -2.40. The van der Waals surface area contributed by atoms with Crippen molar-refractivity contribution in [2.75, 3.05) is 13.1 Å². The first kappa shape index (κ1) is 19.6. The Kier molecular flexibility index (Phi) is 5.11. The van der Waals surface area contributed by atoms with E-state index in [2.05, 4.69) is 4.98 Å². The summed E-state index contributed by atoms with van der Waals surface area (Å²) < 4.78 is 19.8. The highest BCUT2D eigenvalue weighted by atomic mass is 32.1. The van der Waals surface area contributed by atoms with Crippen LogP contribution < -0.4 is 0 Å². The van der Waals surface area contributed by atoms with Crippen LogP contribution in [0.4, 0.5) is 4.39 Å². The largest absolute Gasteiger partial charge is 0.451 e. The highest BCUT2D eigenvalue weighted by Crippen LogP contribution is 2.29. The zero-order valence-electron chi connectivity index (χ0n) is 16.6. The number of para-hydroxylation sites is 1. The number of halogens is 1. The molecule has 0 N–H and O–H groups in total. The number of thiazole rings is 1. The molecule has 5 nitrogen and oxygen atoms in total. The smallest absolute Gasteiger partial charge is 0.289 e. The van der Waals surface area contributed by atoms with Crippen molar-refractivity contribution in [1.82, 2.24) is 9.88 Å². The van der Waals surface area contributed by atoms with E-state index in [0.717, 1.165) is 10.2 Å². The number of carbonyl (C=O) groups is 2. The first-order valence-corrected chi connectivity index (χ1v) is 10.9. The normalized spacial score (nSPS) is 14.8. The van der Waals surface area contributed by atoms with Crippen molar-refractivity contribution >= 4 is 33.2 Å². The molecule has 4 aromatic rings. The standard InChI is InChI=1S/C24H19FN2O3S/c25-17-7-5-15(6-8-17)19-9-10-20(30-19)24(29)27-13-11-16(12-14-27)22(28)23-26-18-3-1-2-4-21(18)31-23/h1-10,16H,11-14H2. The second kappa shape index (κ2) is 8.07. The second-order valence-electron chi connectivity index (χ2n) is 7.59. The molecule has 3 heterocycles. The van der Waals surface area contributed by atoms with Gasteiger partial charge in [0.25, 0.3) is 5.91 Å². The SMILES string of the molecule is O=C(c1nc2ccccc2s1)C1CCN(C(=O)c2ccc(-c3ccc(F)cc3)o2)CC1. The first-order valence-electron chi connectivity index (χ1n) is 10.1. The van der Waals surface area contributed by atoms with E-state index in [1.807, 2.05) is 24.3 Å². The molecule has 5 rings (SSSR count). The number of Topliss-reactive ketones (excluding diaryl/α,β-unsaturated/α-hetero) is 1. The number of ketones is 1. The van der Waals surface area contributed by atoms with Gasteiger partial charge in [-0.1, -0.05) is 12.1 Å². The average Bonchev–Trinajstić information content (AvgIpc) is 3.46. The first-order chi connectivity index (χ1) is 15.1. The van der Waals surface area contributed by atoms with Crippen molar-refractivity contribution in [3.8, 4) is 11.3 Å². The summed E-state index contributed by atoms with van der Waals surface area (Å²) in [7, 11) is 0. The molecule has 1 aliphatic rings. The molecular formula is C24H19FN2O3S. The Morgan fingerprint density at radius 2 is 1.74 bits per heavy atom. The minimum atomic E-state index is -0.324. The molecule has 1 fully saturated rings. The molecule has 0 saturated carbocycles. The molecule has 31 heavy (non-hydrogen) atoms. The fourth-order valence-corrected chi connectivity index (χ4v) is 4.86. The molecule has 0 unspecified atom stereocenters. The zero-order valence-corrected chi connectivity index (χ0v) is 17.4. The Morgan fingerprint density at radius 3 is 2.48 bits per heavy atom. The number of piperidine rings is 1. The number of rotatable bonds is 4. The van der Waals surface area contributed by atoms with Gasteiger partial charge in [-0.15, -0.1) is 11.3 Å². The van der Waals surface area contributed by atoms with Gasteiger partial charge in [-0.3, -0.25) is 9.59 Å². The number of hydrogen-bond acceptors (Lipinski definition) is 5. The number of furan rings is 1. The second-order valence-corrected chi connectivity index (χ2v) is 8.62. The predicted octanol–water partition coefficient (Wildman–Crippen LogP) is 5.43. The zero-order chi connectivity index (χ0) is 21.4. The molecule has 0 bridgehead atoms. The summed E-state index contributed by atoms with van der Waals surface area (Å²) in [5, 5.41) is 0.543. The number of likely N-dealkylation sites (tertiary alicyclic amines) is 1. The average molecular weight is 434 g/mol. The summed E-state index contributed by atoms with van der Waals surface area (Å²) in [6.45, 7) is 0.986. The Morgan fingerprint density at radius 1 is 1.00 bits per heavy atom. The minimum absolute atomic E-state index is 0.0601. The molecule has 0 radical (unpaired) electrons. The van der Waals surface area contributed by atoms with Crippen LogP contribution >= 0.6 is 11.3 Å². The maximum absolute atomic E-state index is 13.1. The maximum Gasteiger partial charge on any atom is 0.289 e. The van der Waals surface area contributed by atoms with Crippen LogP contribution in [0.2, 0.25) is 0 Å². The van der Waals surface area contributed by atoms with Crippen LogP contribution in [-0.4, -0.2) is 34.7 Å². The van der Waals surface area contributed by atoms with E-state index in [-0.39, 0.29) is 29.2 Å². The van der Waals surface area contributed by atoms with Gasteiger partial charge in [0, 0.05) is 24.6 Å². The molecule has 2 aromatic carbocycles. The highest BCUT2D eigenvalue weighted by Gasteiger charge is 2.31. The summed E-state index contributed by atoms with van der Waals surface area (Å²) in [4.78, 5) is 31.9. The number of amides is 1. The summed E-state index contributed by atoms with van der Waals surface area (Å²) in [5.41, 5.74) is 1.55. The lowest BCUT2D eigenvalue weighted by molar-refractivity contribution is 0.0625. The van der Waals surface area contributed by atoms with Gasteiger partial charge in [0.1, 0.15) is 11.6 Å². The van der Waals surface area contributed by atoms with Gasteiger partial charge in [0.2, 0.25) is 0 Å². The van der Waals surface area contributed by atoms with Crippen LogP contribution in [0.5, 0.6) is 0 Å². The Balaban J connectivity index is 1.23. The molecule has 0 atom stereocenters. The Bertz CT molecular complexity index is 1220. The van der Waals surface area contributed by atoms with Crippen LogP contribution in [0.25, 0.3) is 21.5 Å². The Labute approximate surface area is 182 Å². The Hall–Kier alpha value is -3.32. The number of nitrogens with zero attached hydrogens (tertiary/aromatic N) is 2. The van der Waals surface area contributed by atoms with Crippen molar-refractivity contribution < 1.29 is 18.4 Å². The molecule has 1 aliphatic heterocycles. The highest BCUT2D eigenvalue weighted by molar-refractivity contribution is 7.20. The summed E-state index contributed by atoms with van der Waals surface area (Å²) in [6.07, 6.45) is 1.21. The van der Waals surface area contributed by atoms with Crippen LogP contribution in [0, 0.1) is 11.7 Å². The summed E-state index contributed by atoms with van der Waals surface area (Å²) >= 11 is 1.42. The molecule has 1 amide bonds. The third-order valence-electron chi connectivity index (χ3n) is 5.60. The molecule has 2 aromatic heterocycles. The number of aromatic nitrogens is 1. The van der Waals surface area contributed by atoms with Crippen molar-refractivity contribution in [1.29, 1.82) is 0 Å². The molecule has 1 saturated heterocycles. The molecule has 0 spiro atoms. The van der Waals surface area contributed by atoms with E-state index in [1.165, 1.54) is 23.5 Å². The van der Waals surface area contributed by atoms with Gasteiger partial charge in [-0.05, 0) is 61.4 Å². The number of fused-ring (bicyclic) bond motifs is 1. The lowest BCUT2D eigenvalue weighted by Gasteiger charge is -2.30. The molecular weight excluding hydrogens is 415 g/mol. The lowest BCUT2D eigenvalue weighted by atomic mass is 9.92. The fraction of sp³-hybridized carbons (Fsp3) is 0.208. The molecule has 0 aliphatic carbocycles. The fourth-order valence-electron chi connectivity index (χ4n) is 3.87. The van der Waals surface area contributed by atoms with Gasteiger partial charge >= 0.3 is 0 Å². The third kappa shape index (κ3) is 3.88. The van der Waals surface area contributed by atoms with Crippen LogP contribution in [0.15, 0.2) is 65.1 Å². The van der Waals surface area contributed by atoms with E-state index in [0.29, 0.717) is 42.3 Å². The van der Waals surface area contributed by atoms with Crippen molar-refractivity contribution in [3.05, 3.63) is 77.2 Å². The van der Waals surface area contributed by atoms with Crippen molar-refractivity contribution in [2.24, 2.45) is 5.92 Å². The van der Waals surface area contributed by atoms with E-state index < -0.39 is 0 Å². The maximum atomic E-state index is 13.1.